The maximum absolute atomic E-state index is 12.4. The van der Waals surface area contributed by atoms with E-state index in [4.69, 9.17) is 11.0 Å². The van der Waals surface area contributed by atoms with E-state index in [2.05, 4.69) is 4.98 Å². The SMILES string of the molecule is Cc1cnc(C(F)F)c(C#N)c1CN. The molecule has 0 aliphatic heterocycles. The third-order valence-electron chi connectivity index (χ3n) is 1.95. The van der Waals surface area contributed by atoms with E-state index >= 15 is 0 Å². The monoisotopic (exact) mass is 197 g/mol. The molecule has 1 rings (SSSR count). The predicted octanol–water partition coefficient (Wildman–Crippen LogP) is 1.66. The summed E-state index contributed by atoms with van der Waals surface area (Å²) < 4.78 is 24.8. The highest BCUT2D eigenvalue weighted by Gasteiger charge is 2.18. The van der Waals surface area contributed by atoms with Crippen molar-refractivity contribution in [2.45, 2.75) is 19.9 Å². The summed E-state index contributed by atoms with van der Waals surface area (Å²) in [6, 6.07) is 1.71. The van der Waals surface area contributed by atoms with E-state index in [1.165, 1.54) is 6.20 Å². The van der Waals surface area contributed by atoms with E-state index in [-0.39, 0.29) is 12.1 Å². The van der Waals surface area contributed by atoms with Gasteiger partial charge in [-0.3, -0.25) is 4.98 Å². The first-order valence-electron chi connectivity index (χ1n) is 3.98. The summed E-state index contributed by atoms with van der Waals surface area (Å²) in [7, 11) is 0. The van der Waals surface area contributed by atoms with E-state index < -0.39 is 12.1 Å². The highest BCUT2D eigenvalue weighted by Crippen LogP contribution is 2.24. The average Bonchev–Trinajstić information content (AvgIpc) is 2.16. The van der Waals surface area contributed by atoms with Crippen LogP contribution in [0.25, 0.3) is 0 Å². The van der Waals surface area contributed by atoms with E-state index in [1.54, 1.807) is 13.0 Å². The van der Waals surface area contributed by atoms with Crippen LogP contribution in [-0.2, 0) is 6.54 Å². The predicted molar refractivity (Wildman–Crippen MR) is 46.5 cm³/mol. The quantitative estimate of drug-likeness (QED) is 0.784. The van der Waals surface area contributed by atoms with Gasteiger partial charge in [0.2, 0.25) is 0 Å². The minimum Gasteiger partial charge on any atom is -0.326 e. The van der Waals surface area contributed by atoms with Crippen LogP contribution in [0.5, 0.6) is 0 Å². The number of halogens is 2. The van der Waals surface area contributed by atoms with Crippen LogP contribution < -0.4 is 5.73 Å². The van der Waals surface area contributed by atoms with Gasteiger partial charge in [-0.1, -0.05) is 0 Å². The van der Waals surface area contributed by atoms with Gasteiger partial charge in [0.05, 0.1) is 5.56 Å². The molecular weight excluding hydrogens is 188 g/mol. The van der Waals surface area contributed by atoms with Crippen molar-refractivity contribution in [2.75, 3.05) is 0 Å². The van der Waals surface area contributed by atoms with Crippen molar-refractivity contribution in [3.05, 3.63) is 28.6 Å². The average molecular weight is 197 g/mol. The molecule has 0 fully saturated rings. The minimum absolute atomic E-state index is 0.0664. The lowest BCUT2D eigenvalue weighted by atomic mass is 10.0. The molecule has 0 aliphatic rings. The topological polar surface area (TPSA) is 62.7 Å². The fraction of sp³-hybridized carbons (Fsp3) is 0.333. The van der Waals surface area contributed by atoms with Gasteiger partial charge in [-0.2, -0.15) is 5.26 Å². The van der Waals surface area contributed by atoms with Crippen LogP contribution >= 0.6 is 0 Å². The number of alkyl halides is 2. The molecule has 0 saturated carbocycles. The van der Waals surface area contributed by atoms with Crippen molar-refractivity contribution >= 4 is 0 Å². The zero-order valence-corrected chi connectivity index (χ0v) is 7.59. The van der Waals surface area contributed by atoms with Crippen LogP contribution in [0.15, 0.2) is 6.20 Å². The molecule has 1 aromatic rings. The largest absolute Gasteiger partial charge is 0.326 e. The summed E-state index contributed by atoms with van der Waals surface area (Å²) in [5.74, 6) is 0. The molecule has 1 aromatic heterocycles. The molecule has 0 aromatic carbocycles. The van der Waals surface area contributed by atoms with Crippen LogP contribution in [0.1, 0.15) is 28.8 Å². The third kappa shape index (κ3) is 1.70. The van der Waals surface area contributed by atoms with Gasteiger partial charge in [0.1, 0.15) is 11.8 Å². The molecule has 2 N–H and O–H groups in total. The molecule has 0 radical (unpaired) electrons. The van der Waals surface area contributed by atoms with Crippen molar-refractivity contribution < 1.29 is 8.78 Å². The Morgan fingerprint density at radius 2 is 2.29 bits per heavy atom. The van der Waals surface area contributed by atoms with E-state index in [9.17, 15) is 8.78 Å². The lowest BCUT2D eigenvalue weighted by molar-refractivity contribution is 0.145. The van der Waals surface area contributed by atoms with Gasteiger partial charge >= 0.3 is 0 Å². The van der Waals surface area contributed by atoms with Crippen LogP contribution in [0.4, 0.5) is 8.78 Å². The maximum atomic E-state index is 12.4. The summed E-state index contributed by atoms with van der Waals surface area (Å²) in [6.45, 7) is 1.75. The van der Waals surface area contributed by atoms with Crippen molar-refractivity contribution in [1.29, 1.82) is 5.26 Å². The summed E-state index contributed by atoms with van der Waals surface area (Å²) >= 11 is 0. The number of hydrogen-bond donors (Lipinski definition) is 1. The highest BCUT2D eigenvalue weighted by molar-refractivity contribution is 5.44. The maximum Gasteiger partial charge on any atom is 0.281 e. The molecule has 0 bridgehead atoms. The van der Waals surface area contributed by atoms with Crippen molar-refractivity contribution in [3.63, 3.8) is 0 Å². The second kappa shape index (κ2) is 4.11. The molecular formula is C9H9F2N3. The fourth-order valence-electron chi connectivity index (χ4n) is 1.21. The summed E-state index contributed by atoms with van der Waals surface area (Å²) in [6.07, 6.45) is -1.43. The first kappa shape index (κ1) is 10.5. The molecule has 0 saturated heterocycles. The fourth-order valence-corrected chi connectivity index (χ4v) is 1.21. The van der Waals surface area contributed by atoms with Gasteiger partial charge < -0.3 is 5.73 Å². The number of aromatic nitrogens is 1. The van der Waals surface area contributed by atoms with Crippen molar-refractivity contribution in [3.8, 4) is 6.07 Å². The normalized spacial score (nSPS) is 10.3. The molecule has 0 atom stereocenters. The Labute approximate surface area is 80.2 Å². The van der Waals surface area contributed by atoms with Crippen LogP contribution in [0.2, 0.25) is 0 Å². The standard InChI is InChI=1S/C9H9F2N3/c1-5-4-14-8(9(10)11)7(3-13)6(5)2-12/h4,9H,2,12H2,1H3. The minimum atomic E-state index is -2.74. The third-order valence-corrected chi connectivity index (χ3v) is 1.95. The molecule has 0 spiro atoms. The Kier molecular flexibility index (Phi) is 3.10. The van der Waals surface area contributed by atoms with Crippen molar-refractivity contribution in [1.82, 2.24) is 4.98 Å². The molecule has 5 heteroatoms. The van der Waals surface area contributed by atoms with E-state index in [0.717, 1.165) is 0 Å². The first-order valence-corrected chi connectivity index (χ1v) is 3.98. The number of rotatable bonds is 2. The molecule has 0 unspecified atom stereocenters. The van der Waals surface area contributed by atoms with E-state index in [1.807, 2.05) is 0 Å². The Hall–Kier alpha value is -1.54. The second-order valence-corrected chi connectivity index (χ2v) is 2.80. The Morgan fingerprint density at radius 3 is 2.71 bits per heavy atom. The summed E-state index contributed by atoms with van der Waals surface area (Å²) in [4.78, 5) is 3.53. The van der Waals surface area contributed by atoms with Gasteiger partial charge in [-0.25, -0.2) is 8.78 Å². The molecule has 0 aliphatic carbocycles. The molecule has 74 valence electrons. The van der Waals surface area contributed by atoms with Crippen molar-refractivity contribution in [2.24, 2.45) is 5.73 Å². The lowest BCUT2D eigenvalue weighted by Crippen LogP contribution is -2.07. The highest BCUT2D eigenvalue weighted by atomic mass is 19.3. The summed E-state index contributed by atoms with van der Waals surface area (Å²) in [5, 5.41) is 8.72. The van der Waals surface area contributed by atoms with Gasteiger partial charge in [-0.15, -0.1) is 0 Å². The Balaban J connectivity index is 3.43. The van der Waals surface area contributed by atoms with Crippen LogP contribution in [-0.4, -0.2) is 4.98 Å². The molecule has 0 amide bonds. The Bertz CT molecular complexity index is 382. The van der Waals surface area contributed by atoms with E-state index in [0.29, 0.717) is 11.1 Å². The van der Waals surface area contributed by atoms with Gasteiger partial charge in [-0.05, 0) is 18.1 Å². The van der Waals surface area contributed by atoms with Gasteiger partial charge in [0.25, 0.3) is 6.43 Å². The number of nitrogens with zero attached hydrogens (tertiary/aromatic N) is 2. The number of hydrogen-bond acceptors (Lipinski definition) is 3. The zero-order chi connectivity index (χ0) is 10.7. The Morgan fingerprint density at radius 1 is 1.64 bits per heavy atom. The lowest BCUT2D eigenvalue weighted by Gasteiger charge is -2.08. The first-order chi connectivity index (χ1) is 6.61. The number of aryl methyl sites for hydroxylation is 1. The zero-order valence-electron chi connectivity index (χ0n) is 7.59. The van der Waals surface area contributed by atoms with Gasteiger partial charge in [0, 0.05) is 12.7 Å². The smallest absolute Gasteiger partial charge is 0.281 e. The number of nitrogens with two attached hydrogens (primary N) is 1. The van der Waals surface area contributed by atoms with Gasteiger partial charge in [0.15, 0.2) is 0 Å². The van der Waals surface area contributed by atoms with Crippen LogP contribution in [0.3, 0.4) is 0 Å². The second-order valence-electron chi connectivity index (χ2n) is 2.80. The molecule has 3 nitrogen and oxygen atoms in total. The number of pyridine rings is 1. The van der Waals surface area contributed by atoms with Crippen LogP contribution in [0, 0.1) is 18.3 Å². The molecule has 14 heavy (non-hydrogen) atoms. The molecule has 1 heterocycles. The summed E-state index contributed by atoms with van der Waals surface area (Å²) in [5.41, 5.74) is 5.89. The number of nitriles is 1.